The zero-order valence-corrected chi connectivity index (χ0v) is 7.91. The second-order valence-corrected chi connectivity index (χ2v) is 2.86. The summed E-state index contributed by atoms with van der Waals surface area (Å²) in [7, 11) is 0. The maximum Gasteiger partial charge on any atom is 0.422 e. The molecule has 0 aliphatic heterocycles. The fraction of sp³-hybridized carbons (Fsp3) is 0.222. The molecule has 1 aromatic rings. The first-order chi connectivity index (χ1) is 7.37. The molecule has 7 heteroatoms. The normalized spacial score (nSPS) is 10.9. The second kappa shape index (κ2) is 4.73. The van der Waals surface area contributed by atoms with Crippen molar-refractivity contribution in [3.63, 3.8) is 0 Å². The van der Waals surface area contributed by atoms with Crippen LogP contribution in [0, 0.1) is 0 Å². The van der Waals surface area contributed by atoms with E-state index in [2.05, 4.69) is 10.1 Å². The fourth-order valence-corrected chi connectivity index (χ4v) is 0.846. The predicted octanol–water partition coefficient (Wildman–Crippen LogP) is 2.50. The van der Waals surface area contributed by atoms with Crippen LogP contribution in [0.25, 0.3) is 0 Å². The minimum atomic E-state index is -4.55. The van der Waals surface area contributed by atoms with Crippen molar-refractivity contribution in [1.82, 2.24) is 0 Å². The van der Waals surface area contributed by atoms with Crippen LogP contribution in [0.2, 0.25) is 0 Å². The third kappa shape index (κ3) is 4.54. The Balaban J connectivity index is 2.43. The molecule has 0 heterocycles. The van der Waals surface area contributed by atoms with Crippen LogP contribution in [0.5, 0.6) is 5.75 Å². The highest BCUT2D eigenvalue weighted by molar-refractivity contribution is 5.84. The van der Waals surface area contributed by atoms with Crippen LogP contribution in [0.3, 0.4) is 0 Å². The molecule has 1 rings (SSSR count). The summed E-state index contributed by atoms with van der Waals surface area (Å²) in [6.07, 6.45) is -5.75. The zero-order valence-electron chi connectivity index (χ0n) is 7.91. The molecule has 4 nitrogen and oxygen atoms in total. The van der Waals surface area contributed by atoms with Gasteiger partial charge < -0.3 is 9.84 Å². The van der Waals surface area contributed by atoms with Crippen LogP contribution in [0.1, 0.15) is 0 Å². The molecule has 0 saturated heterocycles. The van der Waals surface area contributed by atoms with Gasteiger partial charge in [0.15, 0.2) is 6.61 Å². The molecule has 0 unspecified atom stereocenters. The molecule has 2 N–H and O–H groups in total. The van der Waals surface area contributed by atoms with Gasteiger partial charge in [0, 0.05) is 5.69 Å². The average Bonchev–Trinajstić information content (AvgIpc) is 2.18. The molecule has 0 aromatic heterocycles. The van der Waals surface area contributed by atoms with Gasteiger partial charge in [0.2, 0.25) is 0 Å². The van der Waals surface area contributed by atoms with Crippen LogP contribution in [0.4, 0.5) is 23.7 Å². The largest absolute Gasteiger partial charge is 0.508 e. The standard InChI is InChI=1S/C9H8F3NO3/c10-9(11,12)5-16-8(15)13-6-1-3-7(14)4-2-6/h1-4,14H,5H2,(H,13,15). The number of phenolic OH excluding ortho intramolecular Hbond substituents is 1. The van der Waals surface area contributed by atoms with Crippen LogP contribution < -0.4 is 5.32 Å². The van der Waals surface area contributed by atoms with E-state index in [0.717, 1.165) is 0 Å². The van der Waals surface area contributed by atoms with E-state index in [9.17, 15) is 18.0 Å². The number of halogens is 3. The van der Waals surface area contributed by atoms with Crippen LogP contribution in [-0.4, -0.2) is 24.0 Å². The van der Waals surface area contributed by atoms with Crippen molar-refractivity contribution in [3.8, 4) is 5.75 Å². The Bertz CT molecular complexity index is 361. The molecule has 16 heavy (non-hydrogen) atoms. The van der Waals surface area contributed by atoms with Gasteiger partial charge in [0.25, 0.3) is 0 Å². The highest BCUT2D eigenvalue weighted by atomic mass is 19.4. The van der Waals surface area contributed by atoms with E-state index >= 15 is 0 Å². The minimum Gasteiger partial charge on any atom is -0.508 e. The Hall–Kier alpha value is -1.92. The number of carbonyl (C=O) groups excluding carboxylic acids is 1. The van der Waals surface area contributed by atoms with Crippen molar-refractivity contribution >= 4 is 11.8 Å². The lowest BCUT2D eigenvalue weighted by atomic mass is 10.3. The number of ether oxygens (including phenoxy) is 1. The molecule has 0 spiro atoms. The van der Waals surface area contributed by atoms with E-state index in [1.807, 2.05) is 0 Å². The van der Waals surface area contributed by atoms with Crippen molar-refractivity contribution in [2.75, 3.05) is 11.9 Å². The number of phenols is 1. The highest BCUT2D eigenvalue weighted by Gasteiger charge is 2.29. The molecule has 1 aromatic carbocycles. The van der Waals surface area contributed by atoms with E-state index in [1.165, 1.54) is 24.3 Å². The summed E-state index contributed by atoms with van der Waals surface area (Å²) in [4.78, 5) is 10.8. The number of rotatable bonds is 2. The maximum absolute atomic E-state index is 11.7. The summed E-state index contributed by atoms with van der Waals surface area (Å²) >= 11 is 0. The van der Waals surface area contributed by atoms with E-state index < -0.39 is 18.9 Å². The molecule has 88 valence electrons. The van der Waals surface area contributed by atoms with Crippen molar-refractivity contribution in [2.45, 2.75) is 6.18 Å². The molecule has 0 atom stereocenters. The van der Waals surface area contributed by atoms with Gasteiger partial charge in [-0.25, -0.2) is 4.79 Å². The first-order valence-electron chi connectivity index (χ1n) is 4.16. The predicted molar refractivity (Wildman–Crippen MR) is 49.1 cm³/mol. The topological polar surface area (TPSA) is 58.6 Å². The summed E-state index contributed by atoms with van der Waals surface area (Å²) in [6, 6.07) is 5.20. The van der Waals surface area contributed by atoms with Crippen LogP contribution >= 0.6 is 0 Å². The van der Waals surface area contributed by atoms with Crippen molar-refractivity contribution in [3.05, 3.63) is 24.3 Å². The SMILES string of the molecule is O=C(Nc1ccc(O)cc1)OCC(F)(F)F. The second-order valence-electron chi connectivity index (χ2n) is 2.86. The maximum atomic E-state index is 11.7. The van der Waals surface area contributed by atoms with Gasteiger partial charge in [-0.3, -0.25) is 5.32 Å². The third-order valence-corrected chi connectivity index (χ3v) is 1.48. The third-order valence-electron chi connectivity index (χ3n) is 1.48. The summed E-state index contributed by atoms with van der Waals surface area (Å²) in [5, 5.41) is 11.0. The van der Waals surface area contributed by atoms with Gasteiger partial charge in [-0.05, 0) is 24.3 Å². The van der Waals surface area contributed by atoms with Crippen LogP contribution in [0.15, 0.2) is 24.3 Å². The first-order valence-corrected chi connectivity index (χ1v) is 4.16. The number of benzene rings is 1. The number of aromatic hydroxyl groups is 1. The molecular formula is C9H8F3NO3. The Morgan fingerprint density at radius 2 is 1.88 bits per heavy atom. The summed E-state index contributed by atoms with van der Waals surface area (Å²) in [6.45, 7) is -1.64. The van der Waals surface area contributed by atoms with Gasteiger partial charge in [-0.1, -0.05) is 0 Å². The number of carbonyl (C=O) groups is 1. The van der Waals surface area contributed by atoms with E-state index in [1.54, 1.807) is 0 Å². The average molecular weight is 235 g/mol. The Kier molecular flexibility index (Phi) is 3.60. The van der Waals surface area contributed by atoms with Gasteiger partial charge >= 0.3 is 12.3 Å². The molecule has 0 aliphatic rings. The van der Waals surface area contributed by atoms with Crippen molar-refractivity contribution < 1.29 is 27.8 Å². The Morgan fingerprint density at radius 1 is 1.31 bits per heavy atom. The summed E-state index contributed by atoms with van der Waals surface area (Å²) in [5.41, 5.74) is 0.227. The lowest BCUT2D eigenvalue weighted by Gasteiger charge is -2.08. The van der Waals surface area contributed by atoms with Gasteiger partial charge in [-0.15, -0.1) is 0 Å². The molecule has 0 bridgehead atoms. The molecule has 0 aliphatic carbocycles. The number of anilines is 1. The molecule has 0 saturated carbocycles. The smallest absolute Gasteiger partial charge is 0.422 e. The lowest BCUT2D eigenvalue weighted by Crippen LogP contribution is -2.23. The Labute approximate surface area is 88.6 Å². The number of hydrogen-bond donors (Lipinski definition) is 2. The van der Waals surface area contributed by atoms with Crippen molar-refractivity contribution in [2.24, 2.45) is 0 Å². The molecular weight excluding hydrogens is 227 g/mol. The summed E-state index contributed by atoms with van der Waals surface area (Å²) in [5.74, 6) is -0.0193. The van der Waals surface area contributed by atoms with Crippen LogP contribution in [-0.2, 0) is 4.74 Å². The van der Waals surface area contributed by atoms with Gasteiger partial charge in [0.05, 0.1) is 0 Å². The highest BCUT2D eigenvalue weighted by Crippen LogP contribution is 2.16. The quantitative estimate of drug-likeness (QED) is 0.774. The zero-order chi connectivity index (χ0) is 12.2. The van der Waals surface area contributed by atoms with E-state index in [-0.39, 0.29) is 11.4 Å². The lowest BCUT2D eigenvalue weighted by molar-refractivity contribution is -0.159. The van der Waals surface area contributed by atoms with Gasteiger partial charge in [-0.2, -0.15) is 13.2 Å². The number of alkyl halides is 3. The molecule has 0 radical (unpaired) electrons. The molecule has 0 fully saturated rings. The summed E-state index contributed by atoms with van der Waals surface area (Å²) < 4.78 is 38.9. The monoisotopic (exact) mass is 235 g/mol. The van der Waals surface area contributed by atoms with E-state index in [0.29, 0.717) is 0 Å². The van der Waals surface area contributed by atoms with E-state index in [4.69, 9.17) is 5.11 Å². The first kappa shape index (κ1) is 12.2. The van der Waals surface area contributed by atoms with Crippen molar-refractivity contribution in [1.29, 1.82) is 0 Å². The van der Waals surface area contributed by atoms with Gasteiger partial charge in [0.1, 0.15) is 5.75 Å². The fourth-order valence-electron chi connectivity index (χ4n) is 0.846. The minimum absolute atomic E-state index is 0.0193. The number of amides is 1. The number of nitrogens with one attached hydrogen (secondary N) is 1. The number of hydrogen-bond acceptors (Lipinski definition) is 3. The molecule has 1 amide bonds. The Morgan fingerprint density at radius 3 is 2.38 bits per heavy atom.